The fourth-order valence-corrected chi connectivity index (χ4v) is 6.26. The SMILES string of the molecule is C[C@H]1[C@@H](CN2CCN(Cc3ccccc3)CC2)O[C@@H](c2ccc(-c3cccc(CN)c3)cc2)O[C@H]1c1ccc(CO)cc1. The third-order valence-corrected chi connectivity index (χ3v) is 8.95. The van der Waals surface area contributed by atoms with Crippen LogP contribution in [0.2, 0.25) is 0 Å². The molecule has 2 fully saturated rings. The average Bonchev–Trinajstić information content (AvgIpc) is 3.07. The van der Waals surface area contributed by atoms with Crippen molar-refractivity contribution in [2.24, 2.45) is 11.7 Å². The third kappa shape index (κ3) is 7.24. The molecule has 0 aromatic heterocycles. The van der Waals surface area contributed by atoms with Gasteiger partial charge in [-0.15, -0.1) is 0 Å². The van der Waals surface area contributed by atoms with E-state index < -0.39 is 6.29 Å². The molecule has 4 aromatic carbocycles. The number of hydrogen-bond acceptors (Lipinski definition) is 6. The lowest BCUT2D eigenvalue weighted by atomic mass is 9.89. The average molecular weight is 578 g/mol. The van der Waals surface area contributed by atoms with Gasteiger partial charge in [-0.3, -0.25) is 9.80 Å². The van der Waals surface area contributed by atoms with Gasteiger partial charge in [0.15, 0.2) is 6.29 Å². The molecule has 6 rings (SSSR count). The van der Waals surface area contributed by atoms with Crippen LogP contribution in [0, 0.1) is 5.92 Å². The summed E-state index contributed by atoms with van der Waals surface area (Å²) < 4.78 is 13.5. The summed E-state index contributed by atoms with van der Waals surface area (Å²) >= 11 is 0. The molecule has 0 amide bonds. The maximum Gasteiger partial charge on any atom is 0.184 e. The number of rotatable bonds is 9. The summed E-state index contributed by atoms with van der Waals surface area (Å²) in [6.45, 7) is 8.82. The zero-order chi connectivity index (χ0) is 29.6. The van der Waals surface area contributed by atoms with Crippen LogP contribution in [0.15, 0.2) is 103 Å². The van der Waals surface area contributed by atoms with Gasteiger partial charge in [0.1, 0.15) is 0 Å². The van der Waals surface area contributed by atoms with E-state index in [0.29, 0.717) is 6.54 Å². The Morgan fingerprint density at radius 1 is 0.698 bits per heavy atom. The summed E-state index contributed by atoms with van der Waals surface area (Å²) in [7, 11) is 0. The number of aliphatic hydroxyl groups is 1. The van der Waals surface area contributed by atoms with Gasteiger partial charge in [0.25, 0.3) is 0 Å². The van der Waals surface area contributed by atoms with Crippen LogP contribution < -0.4 is 5.73 Å². The standard InChI is InChI=1S/C37H43N3O3/c1-27-35(25-40-20-18-39(19-21-40)24-28-6-3-2-4-7-28)42-37(43-36(27)32-12-10-29(26-41)11-13-32)33-16-14-31(15-17-33)34-9-5-8-30(22-34)23-38/h2-17,22,27,35-37,41H,18-21,23-26,38H2,1H3/t27-,35+,36+,37+/m0/s1. The Kier molecular flexibility index (Phi) is 9.64. The molecule has 43 heavy (non-hydrogen) atoms. The van der Waals surface area contributed by atoms with Crippen LogP contribution >= 0.6 is 0 Å². The second kappa shape index (κ2) is 14.0. The van der Waals surface area contributed by atoms with Gasteiger partial charge in [-0.2, -0.15) is 0 Å². The van der Waals surface area contributed by atoms with Gasteiger partial charge in [-0.05, 0) is 39.4 Å². The Hall–Kier alpha value is -3.36. The van der Waals surface area contributed by atoms with Gasteiger partial charge in [0.2, 0.25) is 0 Å². The number of hydrogen-bond donors (Lipinski definition) is 2. The second-order valence-electron chi connectivity index (χ2n) is 11.9. The monoisotopic (exact) mass is 577 g/mol. The number of ether oxygens (including phenoxy) is 2. The lowest BCUT2D eigenvalue weighted by Crippen LogP contribution is -2.51. The van der Waals surface area contributed by atoms with Crippen LogP contribution in [0.5, 0.6) is 0 Å². The molecule has 4 atom stereocenters. The number of nitrogens with zero attached hydrogens (tertiary/aromatic N) is 2. The predicted molar refractivity (Wildman–Crippen MR) is 171 cm³/mol. The van der Waals surface area contributed by atoms with Gasteiger partial charge in [-0.25, -0.2) is 0 Å². The van der Waals surface area contributed by atoms with Crippen molar-refractivity contribution in [2.75, 3.05) is 32.7 Å². The molecule has 0 unspecified atom stereocenters. The fourth-order valence-electron chi connectivity index (χ4n) is 6.26. The molecule has 0 saturated carbocycles. The predicted octanol–water partition coefficient (Wildman–Crippen LogP) is 5.91. The lowest BCUT2D eigenvalue weighted by Gasteiger charge is -2.44. The molecule has 2 saturated heterocycles. The summed E-state index contributed by atoms with van der Waals surface area (Å²) in [5.74, 6) is 0.164. The molecule has 0 bridgehead atoms. The topological polar surface area (TPSA) is 71.2 Å². The van der Waals surface area contributed by atoms with E-state index in [1.165, 1.54) is 5.56 Å². The molecule has 4 aromatic rings. The van der Waals surface area contributed by atoms with Crippen molar-refractivity contribution in [1.29, 1.82) is 0 Å². The molecule has 6 heteroatoms. The number of piperazine rings is 1. The summed E-state index contributed by atoms with van der Waals surface area (Å²) in [4.78, 5) is 5.09. The highest BCUT2D eigenvalue weighted by molar-refractivity contribution is 5.64. The first-order valence-electron chi connectivity index (χ1n) is 15.5. The van der Waals surface area contributed by atoms with Crippen LogP contribution in [0.25, 0.3) is 11.1 Å². The number of aliphatic hydroxyl groups excluding tert-OH is 1. The molecule has 2 aliphatic heterocycles. The summed E-state index contributed by atoms with van der Waals surface area (Å²) in [6.07, 6.45) is -0.563. The van der Waals surface area contributed by atoms with Gasteiger partial charge in [-0.1, -0.05) is 104 Å². The van der Waals surface area contributed by atoms with Crippen molar-refractivity contribution in [2.45, 2.75) is 45.1 Å². The van der Waals surface area contributed by atoms with Gasteiger partial charge >= 0.3 is 0 Å². The zero-order valence-corrected chi connectivity index (χ0v) is 25.0. The Morgan fingerprint density at radius 3 is 2.07 bits per heavy atom. The van der Waals surface area contributed by atoms with Gasteiger partial charge in [0, 0.05) is 57.3 Å². The molecule has 6 nitrogen and oxygen atoms in total. The highest BCUT2D eigenvalue weighted by Gasteiger charge is 2.39. The van der Waals surface area contributed by atoms with Gasteiger partial charge < -0.3 is 20.3 Å². The molecule has 224 valence electrons. The highest BCUT2D eigenvalue weighted by atomic mass is 16.7. The van der Waals surface area contributed by atoms with Crippen LogP contribution in [0.3, 0.4) is 0 Å². The molecular weight excluding hydrogens is 534 g/mol. The number of benzene rings is 4. The Balaban J connectivity index is 1.17. The van der Waals surface area contributed by atoms with E-state index in [1.807, 2.05) is 12.1 Å². The first-order valence-corrected chi connectivity index (χ1v) is 15.5. The van der Waals surface area contributed by atoms with Crippen molar-refractivity contribution in [3.63, 3.8) is 0 Å². The summed E-state index contributed by atoms with van der Waals surface area (Å²) in [5, 5.41) is 9.57. The molecule has 2 aliphatic rings. The van der Waals surface area contributed by atoms with E-state index in [9.17, 15) is 5.11 Å². The Labute approximate surface area is 255 Å². The first kappa shape index (κ1) is 29.7. The van der Waals surface area contributed by atoms with Gasteiger partial charge in [0.05, 0.1) is 18.8 Å². The van der Waals surface area contributed by atoms with E-state index in [0.717, 1.165) is 72.6 Å². The lowest BCUT2D eigenvalue weighted by molar-refractivity contribution is -0.276. The molecule has 0 aliphatic carbocycles. The maximum atomic E-state index is 9.57. The summed E-state index contributed by atoms with van der Waals surface area (Å²) in [5.41, 5.74) is 13.7. The van der Waals surface area contributed by atoms with E-state index in [-0.39, 0.29) is 24.7 Å². The normalized spacial score (nSPS) is 23.3. The Bertz CT molecular complexity index is 1440. The minimum Gasteiger partial charge on any atom is -0.392 e. The molecule has 0 spiro atoms. The Morgan fingerprint density at radius 2 is 1.37 bits per heavy atom. The van der Waals surface area contributed by atoms with Crippen LogP contribution in [0.1, 0.15) is 47.1 Å². The summed E-state index contributed by atoms with van der Waals surface area (Å²) in [6, 6.07) is 35.8. The molecule has 0 radical (unpaired) electrons. The first-order chi connectivity index (χ1) is 21.1. The zero-order valence-electron chi connectivity index (χ0n) is 25.0. The molecular formula is C37H43N3O3. The van der Waals surface area contributed by atoms with E-state index >= 15 is 0 Å². The van der Waals surface area contributed by atoms with Crippen molar-refractivity contribution in [3.8, 4) is 11.1 Å². The fraction of sp³-hybridized carbons (Fsp3) is 0.351. The molecule has 3 N–H and O–H groups in total. The minimum absolute atomic E-state index is 0.0165. The van der Waals surface area contributed by atoms with Crippen molar-refractivity contribution >= 4 is 0 Å². The van der Waals surface area contributed by atoms with Crippen molar-refractivity contribution in [1.82, 2.24) is 9.80 Å². The third-order valence-electron chi connectivity index (χ3n) is 8.95. The van der Waals surface area contributed by atoms with E-state index in [2.05, 4.69) is 108 Å². The maximum absolute atomic E-state index is 9.57. The molecule has 2 heterocycles. The minimum atomic E-state index is -0.465. The quantitative estimate of drug-likeness (QED) is 0.258. The van der Waals surface area contributed by atoms with E-state index in [1.54, 1.807) is 0 Å². The largest absolute Gasteiger partial charge is 0.392 e. The van der Waals surface area contributed by atoms with Crippen LogP contribution in [0.4, 0.5) is 0 Å². The van der Waals surface area contributed by atoms with Crippen molar-refractivity contribution in [3.05, 3.63) is 131 Å². The van der Waals surface area contributed by atoms with E-state index in [4.69, 9.17) is 15.2 Å². The smallest absolute Gasteiger partial charge is 0.184 e. The highest BCUT2D eigenvalue weighted by Crippen LogP contribution is 2.42. The second-order valence-corrected chi connectivity index (χ2v) is 11.9. The van der Waals surface area contributed by atoms with Crippen LogP contribution in [-0.2, 0) is 29.2 Å². The van der Waals surface area contributed by atoms with Crippen LogP contribution in [-0.4, -0.2) is 53.7 Å². The van der Waals surface area contributed by atoms with Crippen molar-refractivity contribution < 1.29 is 14.6 Å². The number of nitrogens with two attached hydrogens (primary N) is 1.